The van der Waals surface area contributed by atoms with E-state index in [1.54, 1.807) is 36.4 Å². The standard InChI is InChI=1S/C20H18N2O4/c1-14(23)21-16-6-4-7-17(12-16)22-20(24)8-3-2-5-15-9-10-18-19(11-15)26-13-25-18/h2-12H,13H2,1H3,(H,21,23)(H,22,24)/b5-2+,8-3+. The number of hydrogen-bond donors (Lipinski definition) is 2. The van der Waals surface area contributed by atoms with E-state index >= 15 is 0 Å². The number of nitrogens with one attached hydrogen (secondary N) is 2. The minimum atomic E-state index is -0.264. The molecule has 1 aliphatic rings. The Kier molecular flexibility index (Phi) is 5.34. The van der Waals surface area contributed by atoms with Crippen LogP contribution in [0.1, 0.15) is 12.5 Å². The van der Waals surface area contributed by atoms with Gasteiger partial charge in [0.1, 0.15) is 0 Å². The highest BCUT2D eigenvalue weighted by molar-refractivity contribution is 6.00. The van der Waals surface area contributed by atoms with Crippen LogP contribution in [0, 0.1) is 0 Å². The highest BCUT2D eigenvalue weighted by Crippen LogP contribution is 2.32. The van der Waals surface area contributed by atoms with Crippen molar-refractivity contribution >= 4 is 29.3 Å². The molecule has 1 aliphatic heterocycles. The van der Waals surface area contributed by atoms with E-state index in [0.717, 1.165) is 11.3 Å². The van der Waals surface area contributed by atoms with Crippen molar-refractivity contribution in [3.05, 3.63) is 66.3 Å². The number of benzene rings is 2. The third-order valence-electron chi connectivity index (χ3n) is 3.49. The zero-order valence-corrected chi connectivity index (χ0v) is 14.2. The van der Waals surface area contributed by atoms with E-state index in [-0.39, 0.29) is 18.6 Å². The van der Waals surface area contributed by atoms with E-state index in [0.29, 0.717) is 17.1 Å². The van der Waals surface area contributed by atoms with Gasteiger partial charge in [0.25, 0.3) is 0 Å². The largest absolute Gasteiger partial charge is 0.454 e. The van der Waals surface area contributed by atoms with Crippen molar-refractivity contribution in [3.63, 3.8) is 0 Å². The van der Waals surface area contributed by atoms with Gasteiger partial charge >= 0.3 is 0 Å². The van der Waals surface area contributed by atoms with Gasteiger partial charge in [0, 0.05) is 24.4 Å². The normalized spacial score (nSPS) is 12.5. The van der Waals surface area contributed by atoms with E-state index in [9.17, 15) is 9.59 Å². The lowest BCUT2D eigenvalue weighted by atomic mass is 10.2. The molecule has 2 amide bonds. The van der Waals surface area contributed by atoms with Gasteiger partial charge in [0.15, 0.2) is 11.5 Å². The van der Waals surface area contributed by atoms with Gasteiger partial charge in [0.2, 0.25) is 18.6 Å². The van der Waals surface area contributed by atoms with Crippen molar-refractivity contribution < 1.29 is 19.1 Å². The van der Waals surface area contributed by atoms with Crippen LogP contribution in [0.3, 0.4) is 0 Å². The van der Waals surface area contributed by atoms with Crippen LogP contribution >= 0.6 is 0 Å². The Bertz CT molecular complexity index is 887. The number of carbonyl (C=O) groups excluding carboxylic acids is 2. The van der Waals surface area contributed by atoms with E-state index in [2.05, 4.69) is 10.6 Å². The highest BCUT2D eigenvalue weighted by atomic mass is 16.7. The fraction of sp³-hybridized carbons (Fsp3) is 0.100. The lowest BCUT2D eigenvalue weighted by molar-refractivity contribution is -0.114. The first-order chi connectivity index (χ1) is 12.6. The molecule has 6 heteroatoms. The first kappa shape index (κ1) is 17.3. The van der Waals surface area contributed by atoms with Gasteiger partial charge in [-0.25, -0.2) is 0 Å². The molecule has 132 valence electrons. The number of fused-ring (bicyclic) bond motifs is 1. The Morgan fingerprint density at radius 2 is 1.73 bits per heavy atom. The number of amides is 2. The lowest BCUT2D eigenvalue weighted by Gasteiger charge is -2.05. The van der Waals surface area contributed by atoms with E-state index in [1.165, 1.54) is 13.0 Å². The van der Waals surface area contributed by atoms with Crippen molar-refractivity contribution in [2.75, 3.05) is 17.4 Å². The Morgan fingerprint density at radius 1 is 0.962 bits per heavy atom. The van der Waals surface area contributed by atoms with Crippen molar-refractivity contribution in [2.24, 2.45) is 0 Å². The molecule has 0 aliphatic carbocycles. The average molecular weight is 350 g/mol. The molecular weight excluding hydrogens is 332 g/mol. The molecule has 0 bridgehead atoms. The van der Waals surface area contributed by atoms with Gasteiger partial charge in [-0.1, -0.05) is 30.4 Å². The number of carbonyl (C=O) groups is 2. The smallest absolute Gasteiger partial charge is 0.248 e. The quantitative estimate of drug-likeness (QED) is 0.638. The summed E-state index contributed by atoms with van der Waals surface area (Å²) in [5.74, 6) is 1.02. The van der Waals surface area contributed by atoms with Crippen LogP contribution in [0.2, 0.25) is 0 Å². The van der Waals surface area contributed by atoms with Gasteiger partial charge in [-0.3, -0.25) is 9.59 Å². The van der Waals surface area contributed by atoms with Crippen LogP contribution in [-0.2, 0) is 9.59 Å². The first-order valence-corrected chi connectivity index (χ1v) is 8.03. The summed E-state index contributed by atoms with van der Waals surface area (Å²) in [6, 6.07) is 12.6. The Morgan fingerprint density at radius 3 is 2.54 bits per heavy atom. The second-order valence-corrected chi connectivity index (χ2v) is 5.58. The van der Waals surface area contributed by atoms with E-state index in [4.69, 9.17) is 9.47 Å². The summed E-state index contributed by atoms with van der Waals surface area (Å²) in [7, 11) is 0. The molecule has 0 radical (unpaired) electrons. The van der Waals surface area contributed by atoms with Gasteiger partial charge < -0.3 is 20.1 Å². The Labute approximate surface area is 151 Å². The number of ether oxygens (including phenoxy) is 2. The van der Waals surface area contributed by atoms with Crippen molar-refractivity contribution in [1.29, 1.82) is 0 Å². The molecular formula is C20H18N2O4. The molecule has 2 aromatic rings. The zero-order chi connectivity index (χ0) is 18.4. The number of hydrogen-bond acceptors (Lipinski definition) is 4. The van der Waals surface area contributed by atoms with Crippen molar-refractivity contribution in [2.45, 2.75) is 6.92 Å². The number of anilines is 2. The van der Waals surface area contributed by atoms with Gasteiger partial charge in [0.05, 0.1) is 0 Å². The molecule has 0 fully saturated rings. The summed E-state index contributed by atoms with van der Waals surface area (Å²) >= 11 is 0. The van der Waals surface area contributed by atoms with Crippen LogP contribution in [0.5, 0.6) is 11.5 Å². The summed E-state index contributed by atoms with van der Waals surface area (Å²) in [6.07, 6.45) is 6.71. The highest BCUT2D eigenvalue weighted by Gasteiger charge is 2.11. The molecule has 1 heterocycles. The maximum Gasteiger partial charge on any atom is 0.248 e. The number of allylic oxidation sites excluding steroid dienone is 2. The molecule has 0 atom stereocenters. The minimum Gasteiger partial charge on any atom is -0.454 e. The van der Waals surface area contributed by atoms with Crippen LogP contribution < -0.4 is 20.1 Å². The number of rotatable bonds is 5. The fourth-order valence-electron chi connectivity index (χ4n) is 2.39. The van der Waals surface area contributed by atoms with Crippen LogP contribution in [0.4, 0.5) is 11.4 Å². The summed E-state index contributed by atoms with van der Waals surface area (Å²) in [5, 5.41) is 5.41. The third-order valence-corrected chi connectivity index (χ3v) is 3.49. The zero-order valence-electron chi connectivity index (χ0n) is 14.2. The van der Waals surface area contributed by atoms with Crippen LogP contribution in [-0.4, -0.2) is 18.6 Å². The predicted molar refractivity (Wildman–Crippen MR) is 100 cm³/mol. The Hall–Kier alpha value is -3.54. The summed E-state index contributed by atoms with van der Waals surface area (Å²) in [5.41, 5.74) is 2.18. The molecule has 2 aromatic carbocycles. The van der Waals surface area contributed by atoms with Crippen LogP contribution in [0.25, 0.3) is 6.08 Å². The third kappa shape index (κ3) is 4.73. The molecule has 0 saturated carbocycles. The summed E-state index contributed by atoms with van der Waals surface area (Å²) < 4.78 is 10.6. The average Bonchev–Trinajstić information content (AvgIpc) is 3.06. The van der Waals surface area contributed by atoms with Crippen molar-refractivity contribution in [1.82, 2.24) is 0 Å². The molecule has 0 spiro atoms. The lowest BCUT2D eigenvalue weighted by Crippen LogP contribution is -2.09. The maximum atomic E-state index is 12.0. The fourth-order valence-corrected chi connectivity index (χ4v) is 2.39. The predicted octanol–water partition coefficient (Wildman–Crippen LogP) is 3.58. The summed E-state index contributed by atoms with van der Waals surface area (Å²) in [6.45, 7) is 1.67. The summed E-state index contributed by atoms with van der Waals surface area (Å²) in [4.78, 5) is 23.0. The van der Waals surface area contributed by atoms with Gasteiger partial charge in [-0.2, -0.15) is 0 Å². The van der Waals surface area contributed by atoms with Crippen molar-refractivity contribution in [3.8, 4) is 11.5 Å². The SMILES string of the molecule is CC(=O)Nc1cccc(NC(=O)/C=C/C=C/c2ccc3c(c2)OCO3)c1. The molecule has 2 N–H and O–H groups in total. The van der Waals surface area contributed by atoms with Crippen LogP contribution in [0.15, 0.2) is 60.7 Å². The van der Waals surface area contributed by atoms with E-state index in [1.807, 2.05) is 24.3 Å². The first-order valence-electron chi connectivity index (χ1n) is 8.03. The van der Waals surface area contributed by atoms with Gasteiger partial charge in [-0.05, 0) is 35.9 Å². The molecule has 0 aromatic heterocycles. The molecule has 3 rings (SSSR count). The minimum absolute atomic E-state index is 0.165. The van der Waals surface area contributed by atoms with E-state index < -0.39 is 0 Å². The maximum absolute atomic E-state index is 12.0. The second-order valence-electron chi connectivity index (χ2n) is 5.58. The topological polar surface area (TPSA) is 76.7 Å². The molecule has 0 unspecified atom stereocenters. The molecule has 6 nitrogen and oxygen atoms in total. The second kappa shape index (κ2) is 8.02. The van der Waals surface area contributed by atoms with Gasteiger partial charge in [-0.15, -0.1) is 0 Å². The molecule has 0 saturated heterocycles. The molecule has 26 heavy (non-hydrogen) atoms. The Balaban J connectivity index is 1.55. The monoisotopic (exact) mass is 350 g/mol.